The SMILES string of the molecule is CCOC(=O)CC(O)C(O)c1c[nH]c2ncc(Br)cc12. The molecule has 2 atom stereocenters. The average Bonchev–Trinajstić information content (AvgIpc) is 2.80. The second-order valence-electron chi connectivity index (χ2n) is 4.32. The van der Waals surface area contributed by atoms with E-state index in [0.29, 0.717) is 16.6 Å². The monoisotopic (exact) mass is 342 g/mol. The van der Waals surface area contributed by atoms with Crippen LogP contribution in [0.3, 0.4) is 0 Å². The highest BCUT2D eigenvalue weighted by atomic mass is 79.9. The number of H-pyrrole nitrogens is 1. The summed E-state index contributed by atoms with van der Waals surface area (Å²) in [5.74, 6) is -0.543. The van der Waals surface area contributed by atoms with Gasteiger partial charge in [-0.05, 0) is 28.9 Å². The number of nitrogens with one attached hydrogen (secondary N) is 1. The van der Waals surface area contributed by atoms with Crippen molar-refractivity contribution in [2.24, 2.45) is 0 Å². The molecule has 0 saturated carbocycles. The summed E-state index contributed by atoms with van der Waals surface area (Å²) in [6.07, 6.45) is 0.521. The molecule has 0 bridgehead atoms. The fourth-order valence-corrected chi connectivity index (χ4v) is 2.28. The summed E-state index contributed by atoms with van der Waals surface area (Å²) in [6, 6.07) is 1.79. The minimum Gasteiger partial charge on any atom is -0.466 e. The molecule has 0 saturated heterocycles. The number of esters is 1. The normalized spacial score (nSPS) is 14.2. The Morgan fingerprint density at radius 2 is 2.30 bits per heavy atom. The van der Waals surface area contributed by atoms with E-state index in [-0.39, 0.29) is 13.0 Å². The number of hydrogen-bond donors (Lipinski definition) is 3. The maximum absolute atomic E-state index is 11.3. The van der Waals surface area contributed by atoms with Crippen molar-refractivity contribution in [3.05, 3.63) is 28.5 Å². The van der Waals surface area contributed by atoms with Crippen molar-refractivity contribution in [1.82, 2.24) is 9.97 Å². The minimum absolute atomic E-state index is 0.242. The lowest BCUT2D eigenvalue weighted by Gasteiger charge is -2.16. The van der Waals surface area contributed by atoms with Gasteiger partial charge in [0.25, 0.3) is 0 Å². The van der Waals surface area contributed by atoms with Crippen molar-refractivity contribution >= 4 is 32.9 Å². The van der Waals surface area contributed by atoms with Crippen LogP contribution in [0.25, 0.3) is 11.0 Å². The lowest BCUT2D eigenvalue weighted by atomic mass is 10.0. The number of aliphatic hydroxyl groups is 2. The maximum Gasteiger partial charge on any atom is 0.308 e. The summed E-state index contributed by atoms with van der Waals surface area (Å²) < 4.78 is 5.51. The molecule has 2 rings (SSSR count). The number of halogens is 1. The van der Waals surface area contributed by atoms with E-state index in [9.17, 15) is 15.0 Å². The lowest BCUT2D eigenvalue weighted by molar-refractivity contribution is -0.147. The predicted octanol–water partition coefficient (Wildman–Crippen LogP) is 1.67. The molecular weight excluding hydrogens is 328 g/mol. The number of ether oxygens (including phenoxy) is 1. The lowest BCUT2D eigenvalue weighted by Crippen LogP contribution is -2.23. The molecule has 3 N–H and O–H groups in total. The highest BCUT2D eigenvalue weighted by molar-refractivity contribution is 9.10. The number of fused-ring (bicyclic) bond motifs is 1. The van der Waals surface area contributed by atoms with Gasteiger partial charge in [0, 0.05) is 27.8 Å². The summed E-state index contributed by atoms with van der Waals surface area (Å²) in [5.41, 5.74) is 1.09. The number of aromatic amines is 1. The molecule has 0 aliphatic carbocycles. The van der Waals surface area contributed by atoms with Gasteiger partial charge in [-0.2, -0.15) is 0 Å². The van der Waals surface area contributed by atoms with Gasteiger partial charge in [-0.15, -0.1) is 0 Å². The fourth-order valence-electron chi connectivity index (χ4n) is 1.95. The first-order valence-corrected chi connectivity index (χ1v) is 6.96. The van der Waals surface area contributed by atoms with Gasteiger partial charge in [0.15, 0.2) is 0 Å². The Kier molecular flexibility index (Phi) is 4.74. The van der Waals surface area contributed by atoms with Crippen molar-refractivity contribution in [2.75, 3.05) is 6.61 Å². The molecular formula is C13H15BrN2O4. The van der Waals surface area contributed by atoms with E-state index in [0.717, 1.165) is 4.47 Å². The highest BCUT2D eigenvalue weighted by Crippen LogP contribution is 2.28. The molecule has 108 valence electrons. The first kappa shape index (κ1) is 15.0. The zero-order valence-electron chi connectivity index (χ0n) is 10.8. The molecule has 0 aliphatic heterocycles. The third kappa shape index (κ3) is 3.17. The molecule has 0 aliphatic rings. The van der Waals surface area contributed by atoms with Crippen LogP contribution < -0.4 is 0 Å². The molecule has 2 unspecified atom stereocenters. The molecule has 2 aromatic rings. The number of carbonyl (C=O) groups is 1. The Labute approximate surface area is 123 Å². The van der Waals surface area contributed by atoms with E-state index in [1.807, 2.05) is 0 Å². The standard InChI is InChI=1S/C13H15BrN2O4/c1-2-20-11(18)4-10(17)12(19)9-6-16-13-8(9)3-7(14)5-15-13/h3,5-6,10,12,17,19H,2,4H2,1H3,(H,15,16). The summed E-state index contributed by atoms with van der Waals surface area (Å²) in [6.45, 7) is 1.93. The van der Waals surface area contributed by atoms with Crippen LogP contribution in [-0.4, -0.2) is 38.9 Å². The molecule has 2 heterocycles. The second kappa shape index (κ2) is 6.34. The van der Waals surface area contributed by atoms with E-state index in [1.54, 1.807) is 25.4 Å². The molecule has 6 nitrogen and oxygen atoms in total. The van der Waals surface area contributed by atoms with Gasteiger partial charge in [0.05, 0.1) is 19.1 Å². The van der Waals surface area contributed by atoms with Crippen LogP contribution >= 0.6 is 15.9 Å². The maximum atomic E-state index is 11.3. The number of aliphatic hydroxyl groups excluding tert-OH is 2. The van der Waals surface area contributed by atoms with E-state index >= 15 is 0 Å². The molecule has 0 radical (unpaired) electrons. The largest absolute Gasteiger partial charge is 0.466 e. The van der Waals surface area contributed by atoms with Crippen LogP contribution in [0.1, 0.15) is 25.0 Å². The number of carbonyl (C=O) groups excluding carboxylic acids is 1. The van der Waals surface area contributed by atoms with Crippen molar-refractivity contribution < 1.29 is 19.7 Å². The summed E-state index contributed by atoms with van der Waals surface area (Å²) in [7, 11) is 0. The van der Waals surface area contributed by atoms with Crippen LogP contribution in [0.2, 0.25) is 0 Å². The van der Waals surface area contributed by atoms with Crippen LogP contribution in [0, 0.1) is 0 Å². The molecule has 2 aromatic heterocycles. The second-order valence-corrected chi connectivity index (χ2v) is 5.23. The number of aromatic nitrogens is 2. The van der Waals surface area contributed by atoms with E-state index < -0.39 is 18.2 Å². The number of hydrogen-bond acceptors (Lipinski definition) is 5. The number of rotatable bonds is 5. The van der Waals surface area contributed by atoms with Gasteiger partial charge in [-0.25, -0.2) is 4.98 Å². The van der Waals surface area contributed by atoms with Gasteiger partial charge in [0.1, 0.15) is 11.8 Å². The van der Waals surface area contributed by atoms with Gasteiger partial charge in [-0.3, -0.25) is 4.79 Å². The molecule has 0 fully saturated rings. The molecule has 7 heteroatoms. The Morgan fingerprint density at radius 1 is 1.55 bits per heavy atom. The first-order chi connectivity index (χ1) is 9.52. The first-order valence-electron chi connectivity index (χ1n) is 6.17. The summed E-state index contributed by atoms with van der Waals surface area (Å²) in [4.78, 5) is 18.4. The minimum atomic E-state index is -1.23. The molecule has 20 heavy (non-hydrogen) atoms. The smallest absolute Gasteiger partial charge is 0.308 e. The van der Waals surface area contributed by atoms with Crippen LogP contribution in [0.15, 0.2) is 22.9 Å². The summed E-state index contributed by atoms with van der Waals surface area (Å²) in [5, 5.41) is 20.8. The van der Waals surface area contributed by atoms with Crippen LogP contribution in [0.4, 0.5) is 0 Å². The fraction of sp³-hybridized carbons (Fsp3) is 0.385. The van der Waals surface area contributed by atoms with E-state index in [1.165, 1.54) is 0 Å². The zero-order valence-corrected chi connectivity index (χ0v) is 12.4. The average molecular weight is 343 g/mol. The topological polar surface area (TPSA) is 95.4 Å². The third-order valence-corrected chi connectivity index (χ3v) is 3.33. The Hall–Kier alpha value is -1.44. The van der Waals surface area contributed by atoms with Gasteiger partial charge >= 0.3 is 5.97 Å². The number of nitrogens with zero attached hydrogens (tertiary/aromatic N) is 1. The zero-order chi connectivity index (χ0) is 14.7. The van der Waals surface area contributed by atoms with Crippen LogP contribution in [-0.2, 0) is 9.53 Å². The molecule has 0 aromatic carbocycles. The Morgan fingerprint density at radius 3 is 3.00 bits per heavy atom. The van der Waals surface area contributed by atoms with Crippen LogP contribution in [0.5, 0.6) is 0 Å². The molecule has 0 spiro atoms. The number of pyridine rings is 1. The van der Waals surface area contributed by atoms with Gasteiger partial charge < -0.3 is 19.9 Å². The van der Waals surface area contributed by atoms with Crippen molar-refractivity contribution in [2.45, 2.75) is 25.6 Å². The third-order valence-electron chi connectivity index (χ3n) is 2.89. The van der Waals surface area contributed by atoms with E-state index in [2.05, 4.69) is 25.9 Å². The van der Waals surface area contributed by atoms with Crippen molar-refractivity contribution in [3.63, 3.8) is 0 Å². The quantitative estimate of drug-likeness (QED) is 0.718. The summed E-state index contributed by atoms with van der Waals surface area (Å²) >= 11 is 3.30. The molecule has 0 amide bonds. The predicted molar refractivity (Wildman–Crippen MR) is 76.0 cm³/mol. The van der Waals surface area contributed by atoms with Gasteiger partial charge in [-0.1, -0.05) is 0 Å². The van der Waals surface area contributed by atoms with Gasteiger partial charge in [0.2, 0.25) is 0 Å². The Balaban J connectivity index is 2.20. The van der Waals surface area contributed by atoms with Crippen molar-refractivity contribution in [3.8, 4) is 0 Å². The highest BCUT2D eigenvalue weighted by Gasteiger charge is 2.24. The van der Waals surface area contributed by atoms with E-state index in [4.69, 9.17) is 4.74 Å². The Bertz CT molecular complexity index is 613. The van der Waals surface area contributed by atoms with Crippen molar-refractivity contribution in [1.29, 1.82) is 0 Å².